The molecule has 2 atom stereocenters. The van der Waals surface area contributed by atoms with Crippen LogP contribution in [0.25, 0.3) is 0 Å². The highest BCUT2D eigenvalue weighted by Gasteiger charge is 2.15. The van der Waals surface area contributed by atoms with E-state index in [9.17, 15) is 0 Å². The second kappa shape index (κ2) is 5.81. The van der Waals surface area contributed by atoms with Gasteiger partial charge in [0, 0.05) is 30.6 Å². The Balaban J connectivity index is 2.49. The zero-order valence-corrected chi connectivity index (χ0v) is 10.1. The topological polar surface area (TPSA) is 37.8 Å². The molecule has 3 nitrogen and oxygen atoms in total. The van der Waals surface area contributed by atoms with Gasteiger partial charge >= 0.3 is 0 Å². The van der Waals surface area contributed by atoms with Gasteiger partial charge in [0.05, 0.1) is 5.69 Å². The molecular formula is C12H21N3. The average molecular weight is 207 g/mol. The SMILES string of the molecule is CC(C)NCC(C)C(C)c1cnccn1. The summed E-state index contributed by atoms with van der Waals surface area (Å²) in [6.07, 6.45) is 5.33. The minimum absolute atomic E-state index is 0.449. The number of rotatable bonds is 5. The van der Waals surface area contributed by atoms with Crippen LogP contribution in [0.5, 0.6) is 0 Å². The Kier molecular flexibility index (Phi) is 4.69. The van der Waals surface area contributed by atoms with E-state index in [0.717, 1.165) is 12.2 Å². The molecule has 15 heavy (non-hydrogen) atoms. The van der Waals surface area contributed by atoms with E-state index in [4.69, 9.17) is 0 Å². The molecule has 0 aliphatic rings. The fraction of sp³-hybridized carbons (Fsp3) is 0.667. The maximum Gasteiger partial charge on any atom is 0.0617 e. The standard InChI is InChI=1S/C12H21N3/c1-9(2)15-7-10(3)11(4)12-8-13-5-6-14-12/h5-6,8-11,15H,7H2,1-4H3. The second-order valence-electron chi connectivity index (χ2n) is 4.46. The number of nitrogens with zero attached hydrogens (tertiary/aromatic N) is 2. The molecule has 0 aromatic carbocycles. The van der Waals surface area contributed by atoms with Crippen LogP contribution >= 0.6 is 0 Å². The lowest BCUT2D eigenvalue weighted by Gasteiger charge is -2.20. The van der Waals surface area contributed by atoms with Crippen molar-refractivity contribution in [2.75, 3.05) is 6.54 Å². The van der Waals surface area contributed by atoms with Gasteiger partial charge in [-0.05, 0) is 12.5 Å². The van der Waals surface area contributed by atoms with Crippen LogP contribution < -0.4 is 5.32 Å². The fourth-order valence-electron chi connectivity index (χ4n) is 1.44. The molecule has 1 N–H and O–H groups in total. The molecule has 0 amide bonds. The zero-order valence-electron chi connectivity index (χ0n) is 10.1. The molecule has 0 aliphatic carbocycles. The van der Waals surface area contributed by atoms with Crippen LogP contribution in [0, 0.1) is 5.92 Å². The van der Waals surface area contributed by atoms with Crippen molar-refractivity contribution in [3.8, 4) is 0 Å². The first kappa shape index (κ1) is 12.1. The summed E-state index contributed by atoms with van der Waals surface area (Å²) in [5.74, 6) is 1.02. The summed E-state index contributed by atoms with van der Waals surface area (Å²) in [6, 6.07) is 0.543. The smallest absolute Gasteiger partial charge is 0.0617 e. The molecule has 1 rings (SSSR count). The lowest BCUT2D eigenvalue weighted by Crippen LogP contribution is -2.30. The summed E-state index contributed by atoms with van der Waals surface area (Å²) in [5, 5.41) is 3.45. The maximum absolute atomic E-state index is 4.34. The molecule has 0 fully saturated rings. The molecule has 84 valence electrons. The van der Waals surface area contributed by atoms with Crippen molar-refractivity contribution in [1.29, 1.82) is 0 Å². The van der Waals surface area contributed by atoms with Gasteiger partial charge in [0.25, 0.3) is 0 Å². The quantitative estimate of drug-likeness (QED) is 0.804. The van der Waals surface area contributed by atoms with Crippen molar-refractivity contribution in [3.63, 3.8) is 0 Å². The Morgan fingerprint density at radius 3 is 2.47 bits per heavy atom. The summed E-state index contributed by atoms with van der Waals surface area (Å²) < 4.78 is 0. The van der Waals surface area contributed by atoms with E-state index < -0.39 is 0 Å². The summed E-state index contributed by atoms with van der Waals surface area (Å²) in [7, 11) is 0. The number of hydrogen-bond acceptors (Lipinski definition) is 3. The van der Waals surface area contributed by atoms with Crippen molar-refractivity contribution in [2.45, 2.75) is 39.7 Å². The summed E-state index contributed by atoms with van der Waals surface area (Å²) in [5.41, 5.74) is 1.08. The Hall–Kier alpha value is -0.960. The molecular weight excluding hydrogens is 186 g/mol. The van der Waals surface area contributed by atoms with Crippen LogP contribution in [0.2, 0.25) is 0 Å². The molecule has 1 aromatic heterocycles. The normalized spacial score (nSPS) is 15.3. The van der Waals surface area contributed by atoms with E-state index in [2.05, 4.69) is 43.0 Å². The number of nitrogens with one attached hydrogen (secondary N) is 1. The Labute approximate surface area is 92.3 Å². The fourth-order valence-corrected chi connectivity index (χ4v) is 1.44. The molecule has 2 unspecified atom stereocenters. The van der Waals surface area contributed by atoms with Gasteiger partial charge in [-0.25, -0.2) is 0 Å². The lowest BCUT2D eigenvalue weighted by atomic mass is 9.93. The number of hydrogen-bond donors (Lipinski definition) is 1. The predicted molar refractivity (Wildman–Crippen MR) is 62.7 cm³/mol. The third kappa shape index (κ3) is 3.96. The molecule has 1 aromatic rings. The van der Waals surface area contributed by atoms with E-state index in [1.807, 2.05) is 6.20 Å². The van der Waals surface area contributed by atoms with E-state index in [0.29, 0.717) is 17.9 Å². The van der Waals surface area contributed by atoms with Crippen LogP contribution in [0.15, 0.2) is 18.6 Å². The Morgan fingerprint density at radius 1 is 1.20 bits per heavy atom. The van der Waals surface area contributed by atoms with Crippen molar-refractivity contribution in [2.24, 2.45) is 5.92 Å². The van der Waals surface area contributed by atoms with Gasteiger partial charge in [0.15, 0.2) is 0 Å². The molecule has 3 heteroatoms. The third-order valence-corrected chi connectivity index (χ3v) is 2.75. The maximum atomic E-state index is 4.34. The Morgan fingerprint density at radius 2 is 1.93 bits per heavy atom. The lowest BCUT2D eigenvalue weighted by molar-refractivity contribution is 0.420. The van der Waals surface area contributed by atoms with Crippen molar-refractivity contribution in [3.05, 3.63) is 24.3 Å². The first-order chi connectivity index (χ1) is 7.11. The van der Waals surface area contributed by atoms with Gasteiger partial charge < -0.3 is 5.32 Å². The van der Waals surface area contributed by atoms with Gasteiger partial charge in [0.1, 0.15) is 0 Å². The van der Waals surface area contributed by atoms with Crippen LogP contribution in [0.4, 0.5) is 0 Å². The highest BCUT2D eigenvalue weighted by Crippen LogP contribution is 2.20. The van der Waals surface area contributed by atoms with Gasteiger partial charge in [-0.3, -0.25) is 9.97 Å². The second-order valence-corrected chi connectivity index (χ2v) is 4.46. The van der Waals surface area contributed by atoms with Gasteiger partial charge in [-0.1, -0.05) is 27.7 Å². The minimum atomic E-state index is 0.449. The van der Waals surface area contributed by atoms with Crippen LogP contribution in [0.1, 0.15) is 39.3 Å². The van der Waals surface area contributed by atoms with Crippen LogP contribution in [-0.4, -0.2) is 22.6 Å². The first-order valence-corrected chi connectivity index (χ1v) is 5.60. The number of aromatic nitrogens is 2. The highest BCUT2D eigenvalue weighted by atomic mass is 14.9. The van der Waals surface area contributed by atoms with Crippen LogP contribution in [0.3, 0.4) is 0 Å². The Bertz CT molecular complexity index is 271. The molecule has 0 bridgehead atoms. The van der Waals surface area contributed by atoms with E-state index in [-0.39, 0.29) is 0 Å². The molecule has 0 spiro atoms. The van der Waals surface area contributed by atoms with Gasteiger partial charge in [-0.2, -0.15) is 0 Å². The molecule has 0 saturated heterocycles. The minimum Gasteiger partial charge on any atom is -0.314 e. The summed E-state index contributed by atoms with van der Waals surface area (Å²) in [4.78, 5) is 8.44. The zero-order chi connectivity index (χ0) is 11.3. The van der Waals surface area contributed by atoms with Crippen molar-refractivity contribution < 1.29 is 0 Å². The van der Waals surface area contributed by atoms with Gasteiger partial charge in [0.2, 0.25) is 0 Å². The molecule has 0 radical (unpaired) electrons. The van der Waals surface area contributed by atoms with E-state index >= 15 is 0 Å². The van der Waals surface area contributed by atoms with E-state index in [1.54, 1.807) is 12.4 Å². The average Bonchev–Trinajstić information content (AvgIpc) is 2.26. The van der Waals surface area contributed by atoms with Crippen LogP contribution in [-0.2, 0) is 0 Å². The predicted octanol–water partition coefficient (Wildman–Crippen LogP) is 2.21. The van der Waals surface area contributed by atoms with Crippen molar-refractivity contribution in [1.82, 2.24) is 15.3 Å². The summed E-state index contributed by atoms with van der Waals surface area (Å²) >= 11 is 0. The third-order valence-electron chi connectivity index (χ3n) is 2.75. The molecule has 1 heterocycles. The monoisotopic (exact) mass is 207 g/mol. The molecule has 0 aliphatic heterocycles. The van der Waals surface area contributed by atoms with E-state index in [1.165, 1.54) is 0 Å². The molecule has 0 saturated carbocycles. The summed E-state index contributed by atoms with van der Waals surface area (Å²) in [6.45, 7) is 9.81. The first-order valence-electron chi connectivity index (χ1n) is 5.60. The van der Waals surface area contributed by atoms with Gasteiger partial charge in [-0.15, -0.1) is 0 Å². The largest absolute Gasteiger partial charge is 0.314 e. The highest BCUT2D eigenvalue weighted by molar-refractivity contribution is 5.03. The van der Waals surface area contributed by atoms with Crippen molar-refractivity contribution >= 4 is 0 Å².